The molecule has 2 atom stereocenters. The molecular formula is C25H46O3. The van der Waals surface area contributed by atoms with Crippen LogP contribution in [-0.4, -0.2) is 36.1 Å². The first-order chi connectivity index (χ1) is 13.7. The first kappa shape index (κ1) is 22.6. The van der Waals surface area contributed by atoms with E-state index in [2.05, 4.69) is 6.92 Å². The van der Waals surface area contributed by atoms with E-state index in [1.165, 1.54) is 77.0 Å². The summed E-state index contributed by atoms with van der Waals surface area (Å²) in [5, 5.41) is 18.9. The standard InChI is InChI=1S/C25H46O3/c1-2-3-4-5-19-6-8-20(9-7-19)23-14-15-25(28-18-23)22-12-10-21(11-13-22)24(16-26)17-27/h19-27H,2-18H2,1H3. The first-order valence-electron chi connectivity index (χ1n) is 12.6. The monoisotopic (exact) mass is 394 g/mol. The summed E-state index contributed by atoms with van der Waals surface area (Å²) in [6, 6.07) is 0. The lowest BCUT2D eigenvalue weighted by Crippen LogP contribution is -2.38. The maximum atomic E-state index is 9.43. The maximum Gasteiger partial charge on any atom is 0.0603 e. The third-order valence-corrected chi connectivity index (χ3v) is 8.60. The molecule has 0 radical (unpaired) electrons. The van der Waals surface area contributed by atoms with Crippen LogP contribution in [0, 0.1) is 35.5 Å². The molecule has 3 rings (SSSR count). The van der Waals surface area contributed by atoms with E-state index in [1.54, 1.807) is 0 Å². The SMILES string of the molecule is CCCCCC1CCC(C2CCC(C3CCC(C(CO)CO)CC3)OC2)CC1. The smallest absolute Gasteiger partial charge is 0.0603 e. The van der Waals surface area contributed by atoms with Gasteiger partial charge in [0.15, 0.2) is 0 Å². The average molecular weight is 395 g/mol. The molecule has 3 aliphatic rings. The molecule has 1 saturated heterocycles. The zero-order valence-corrected chi connectivity index (χ0v) is 18.4. The molecule has 0 aromatic rings. The zero-order chi connectivity index (χ0) is 19.8. The van der Waals surface area contributed by atoms with Gasteiger partial charge in [0.25, 0.3) is 0 Å². The number of ether oxygens (including phenoxy) is 1. The van der Waals surface area contributed by atoms with Crippen LogP contribution in [0.25, 0.3) is 0 Å². The van der Waals surface area contributed by atoms with Gasteiger partial charge in [0.05, 0.1) is 12.7 Å². The van der Waals surface area contributed by atoms with Crippen LogP contribution in [0.5, 0.6) is 0 Å². The summed E-state index contributed by atoms with van der Waals surface area (Å²) in [4.78, 5) is 0. The van der Waals surface area contributed by atoms with Crippen molar-refractivity contribution in [3.05, 3.63) is 0 Å². The van der Waals surface area contributed by atoms with E-state index in [0.717, 1.165) is 37.2 Å². The van der Waals surface area contributed by atoms with Gasteiger partial charge in [-0.15, -0.1) is 0 Å². The summed E-state index contributed by atoms with van der Waals surface area (Å²) < 4.78 is 6.44. The molecule has 2 unspecified atom stereocenters. The molecule has 3 nitrogen and oxygen atoms in total. The molecule has 2 N–H and O–H groups in total. The lowest BCUT2D eigenvalue weighted by atomic mass is 9.70. The third-order valence-electron chi connectivity index (χ3n) is 8.60. The summed E-state index contributed by atoms with van der Waals surface area (Å²) in [6.45, 7) is 3.58. The Balaban J connectivity index is 1.33. The molecule has 3 fully saturated rings. The zero-order valence-electron chi connectivity index (χ0n) is 18.4. The van der Waals surface area contributed by atoms with Gasteiger partial charge < -0.3 is 14.9 Å². The highest BCUT2D eigenvalue weighted by Crippen LogP contribution is 2.42. The van der Waals surface area contributed by atoms with E-state index in [-0.39, 0.29) is 19.1 Å². The van der Waals surface area contributed by atoms with Gasteiger partial charge in [0, 0.05) is 19.1 Å². The average Bonchev–Trinajstić information content (AvgIpc) is 2.76. The Labute approximate surface area is 173 Å². The Morgan fingerprint density at radius 3 is 1.96 bits per heavy atom. The van der Waals surface area contributed by atoms with Gasteiger partial charge in [-0.05, 0) is 81.0 Å². The summed E-state index contributed by atoms with van der Waals surface area (Å²) in [5.74, 6) is 4.07. The fourth-order valence-electron chi connectivity index (χ4n) is 6.51. The van der Waals surface area contributed by atoms with Gasteiger partial charge >= 0.3 is 0 Å². The van der Waals surface area contributed by atoms with Crippen molar-refractivity contribution in [1.29, 1.82) is 0 Å². The second-order valence-corrected chi connectivity index (χ2v) is 10.3. The Morgan fingerprint density at radius 1 is 0.750 bits per heavy atom. The van der Waals surface area contributed by atoms with E-state index >= 15 is 0 Å². The summed E-state index contributed by atoms with van der Waals surface area (Å²) in [7, 11) is 0. The minimum Gasteiger partial charge on any atom is -0.396 e. The van der Waals surface area contributed by atoms with Crippen molar-refractivity contribution < 1.29 is 14.9 Å². The largest absolute Gasteiger partial charge is 0.396 e. The molecule has 0 amide bonds. The fourth-order valence-corrected chi connectivity index (χ4v) is 6.51. The van der Waals surface area contributed by atoms with Crippen molar-refractivity contribution in [3.63, 3.8) is 0 Å². The van der Waals surface area contributed by atoms with Gasteiger partial charge in [0.2, 0.25) is 0 Å². The van der Waals surface area contributed by atoms with Crippen LogP contribution >= 0.6 is 0 Å². The van der Waals surface area contributed by atoms with E-state index in [0.29, 0.717) is 17.9 Å². The van der Waals surface area contributed by atoms with E-state index < -0.39 is 0 Å². The summed E-state index contributed by atoms with van der Waals surface area (Å²) >= 11 is 0. The summed E-state index contributed by atoms with van der Waals surface area (Å²) in [5.41, 5.74) is 0. The van der Waals surface area contributed by atoms with Crippen LogP contribution < -0.4 is 0 Å². The Kier molecular flexibility index (Phi) is 9.60. The molecule has 0 spiro atoms. The van der Waals surface area contributed by atoms with Crippen molar-refractivity contribution in [3.8, 4) is 0 Å². The van der Waals surface area contributed by atoms with Crippen LogP contribution in [0.2, 0.25) is 0 Å². The van der Waals surface area contributed by atoms with Gasteiger partial charge in [-0.25, -0.2) is 0 Å². The second kappa shape index (κ2) is 11.9. The van der Waals surface area contributed by atoms with Crippen LogP contribution in [0.3, 0.4) is 0 Å². The first-order valence-corrected chi connectivity index (χ1v) is 12.6. The van der Waals surface area contributed by atoms with Gasteiger partial charge in [-0.3, -0.25) is 0 Å². The van der Waals surface area contributed by atoms with Gasteiger partial charge in [-0.2, -0.15) is 0 Å². The Hall–Kier alpha value is -0.120. The molecule has 0 bridgehead atoms. The predicted octanol–water partition coefficient (Wildman–Crippen LogP) is 5.58. The van der Waals surface area contributed by atoms with Crippen molar-refractivity contribution in [1.82, 2.24) is 0 Å². The third kappa shape index (κ3) is 6.19. The topological polar surface area (TPSA) is 49.7 Å². The van der Waals surface area contributed by atoms with Gasteiger partial charge in [0.1, 0.15) is 0 Å². The van der Waals surface area contributed by atoms with E-state index in [9.17, 15) is 10.2 Å². The quantitative estimate of drug-likeness (QED) is 0.502. The van der Waals surface area contributed by atoms with Crippen LogP contribution in [0.15, 0.2) is 0 Å². The normalized spacial score (nSPS) is 37.3. The Bertz CT molecular complexity index is 398. The van der Waals surface area contributed by atoms with E-state index in [1.807, 2.05) is 0 Å². The predicted molar refractivity (Wildman–Crippen MR) is 115 cm³/mol. The highest BCUT2D eigenvalue weighted by atomic mass is 16.5. The molecule has 164 valence electrons. The minimum atomic E-state index is 0.0923. The molecule has 1 heterocycles. The number of hydrogen-bond acceptors (Lipinski definition) is 3. The molecule has 0 aromatic carbocycles. The molecule has 3 heteroatoms. The molecule has 0 aromatic heterocycles. The number of aliphatic hydroxyl groups is 2. The fraction of sp³-hybridized carbons (Fsp3) is 1.00. The molecular weight excluding hydrogens is 348 g/mol. The molecule has 2 aliphatic carbocycles. The van der Waals surface area contributed by atoms with Crippen LogP contribution in [0.1, 0.15) is 96.8 Å². The van der Waals surface area contributed by atoms with Crippen molar-refractivity contribution in [2.24, 2.45) is 35.5 Å². The summed E-state index contributed by atoms with van der Waals surface area (Å²) in [6.07, 6.45) is 19.4. The highest BCUT2D eigenvalue weighted by molar-refractivity contribution is 4.86. The van der Waals surface area contributed by atoms with Crippen molar-refractivity contribution >= 4 is 0 Å². The maximum absolute atomic E-state index is 9.43. The second-order valence-electron chi connectivity index (χ2n) is 10.3. The van der Waals surface area contributed by atoms with Crippen molar-refractivity contribution in [2.45, 2.75) is 103 Å². The number of rotatable bonds is 9. The van der Waals surface area contributed by atoms with E-state index in [4.69, 9.17) is 4.74 Å². The number of hydrogen-bond donors (Lipinski definition) is 2. The van der Waals surface area contributed by atoms with Crippen LogP contribution in [0.4, 0.5) is 0 Å². The lowest BCUT2D eigenvalue weighted by Gasteiger charge is -2.42. The highest BCUT2D eigenvalue weighted by Gasteiger charge is 2.36. The molecule has 1 aliphatic heterocycles. The van der Waals surface area contributed by atoms with Crippen molar-refractivity contribution in [2.75, 3.05) is 19.8 Å². The minimum absolute atomic E-state index is 0.0923. The van der Waals surface area contributed by atoms with Crippen LogP contribution in [-0.2, 0) is 4.74 Å². The Morgan fingerprint density at radius 2 is 1.39 bits per heavy atom. The number of unbranched alkanes of at least 4 members (excludes halogenated alkanes) is 2. The van der Waals surface area contributed by atoms with Gasteiger partial charge in [-0.1, -0.05) is 45.4 Å². The molecule has 2 saturated carbocycles. The number of aliphatic hydroxyl groups excluding tert-OH is 2. The molecule has 28 heavy (non-hydrogen) atoms. The lowest BCUT2D eigenvalue weighted by molar-refractivity contribution is -0.0766.